The normalized spacial score (nSPS) is 13.3. The van der Waals surface area contributed by atoms with Gasteiger partial charge in [0.2, 0.25) is 0 Å². The van der Waals surface area contributed by atoms with E-state index in [1.807, 2.05) is 116 Å². The highest BCUT2D eigenvalue weighted by Crippen LogP contribution is 2.44. The predicted octanol–water partition coefficient (Wildman–Crippen LogP) is 22.9. The molecule has 0 spiro atoms. The predicted molar refractivity (Wildman–Crippen MR) is 448 cm³/mol. The van der Waals surface area contributed by atoms with Gasteiger partial charge in [0, 0.05) is 147 Å². The van der Waals surface area contributed by atoms with Crippen molar-refractivity contribution >= 4 is 199 Å². The lowest BCUT2D eigenvalue weighted by Crippen LogP contribution is -2.38. The molecule has 0 atom stereocenters. The number of H-pyrrole nitrogens is 2. The zero-order valence-corrected chi connectivity index (χ0v) is 62.6. The number of pyridine rings is 7. The summed E-state index contributed by atoms with van der Waals surface area (Å²) in [5, 5.41) is 10.8. The van der Waals surface area contributed by atoms with Crippen LogP contribution in [-0.4, -0.2) is 111 Å². The van der Waals surface area contributed by atoms with Crippen LogP contribution in [0.15, 0.2) is 248 Å². The third kappa shape index (κ3) is 13.0. The van der Waals surface area contributed by atoms with E-state index in [1.165, 1.54) is 38.6 Å². The monoisotopic (exact) mass is 1540 g/mol. The lowest BCUT2D eigenvalue weighted by atomic mass is 10.0. The molecule has 8 aromatic carbocycles. The lowest BCUT2D eigenvalue weighted by Gasteiger charge is -2.29. The highest BCUT2D eigenvalue weighted by Gasteiger charge is 2.26. The van der Waals surface area contributed by atoms with E-state index < -0.39 is 0 Å². The molecule has 1 saturated heterocycles. The van der Waals surface area contributed by atoms with E-state index in [0.717, 1.165) is 225 Å². The van der Waals surface area contributed by atoms with Crippen molar-refractivity contribution in [3.05, 3.63) is 263 Å². The van der Waals surface area contributed by atoms with Crippen LogP contribution in [0.2, 0.25) is 15.1 Å². The van der Waals surface area contributed by atoms with E-state index in [4.69, 9.17) is 71.1 Å². The van der Waals surface area contributed by atoms with Gasteiger partial charge in [-0.05, 0) is 168 Å². The van der Waals surface area contributed by atoms with Crippen molar-refractivity contribution in [2.45, 2.75) is 32.4 Å². The van der Waals surface area contributed by atoms with E-state index in [0.29, 0.717) is 10.9 Å². The van der Waals surface area contributed by atoms with Crippen LogP contribution < -0.4 is 4.90 Å². The minimum Gasteiger partial charge on any atom is -0.379 e. The van der Waals surface area contributed by atoms with Crippen molar-refractivity contribution in [1.82, 2.24) is 58.9 Å². The molecule has 0 saturated carbocycles. The largest absolute Gasteiger partial charge is 0.379 e. The Hall–Kier alpha value is -10.6. The van der Waals surface area contributed by atoms with Gasteiger partial charge in [0.1, 0.15) is 0 Å². The van der Waals surface area contributed by atoms with Crippen molar-refractivity contribution in [3.8, 4) is 33.4 Å². The maximum Gasteiger partial charge on any atom is 0.0988 e. The minimum atomic E-state index is 0.610. The van der Waals surface area contributed by atoms with Crippen molar-refractivity contribution < 1.29 is 4.74 Å². The minimum absolute atomic E-state index is 0.610. The quantitative estimate of drug-likeness (QED) is 0.127. The van der Waals surface area contributed by atoms with Crippen molar-refractivity contribution in [3.63, 3.8) is 0 Å². The van der Waals surface area contributed by atoms with Crippen LogP contribution in [0.1, 0.15) is 19.3 Å². The molecule has 2 N–H and O–H groups in total. The Kier molecular flexibility index (Phi) is 18.9. The van der Waals surface area contributed by atoms with E-state index in [1.54, 1.807) is 24.8 Å². The summed E-state index contributed by atoms with van der Waals surface area (Å²) in [5.74, 6) is 0.610. The van der Waals surface area contributed by atoms with Gasteiger partial charge < -0.3 is 28.7 Å². The molecule has 14 nitrogen and oxygen atoms in total. The van der Waals surface area contributed by atoms with Gasteiger partial charge in [-0.3, -0.25) is 19.9 Å². The van der Waals surface area contributed by atoms with E-state index in [9.17, 15) is 0 Å². The first kappa shape index (κ1) is 68.2. The van der Waals surface area contributed by atoms with Crippen LogP contribution in [0.4, 0.5) is 5.69 Å². The number of hydrogen-bond acceptors (Lipinski definition) is 10. The number of benzene rings is 8. The number of aromatic amines is 2. The zero-order chi connectivity index (χ0) is 72.1. The molecule has 107 heavy (non-hydrogen) atoms. The van der Waals surface area contributed by atoms with E-state index in [-0.39, 0.29) is 0 Å². The Morgan fingerprint density at radius 1 is 0.393 bits per heavy atom. The first-order chi connectivity index (χ1) is 52.7. The molecule has 0 unspecified atom stereocenters. The van der Waals surface area contributed by atoms with Crippen molar-refractivity contribution in [1.29, 1.82) is 0 Å². The average Bonchev–Trinajstić information content (AvgIpc) is 1.58. The molecule has 0 bridgehead atoms. The van der Waals surface area contributed by atoms with Crippen LogP contribution in [0.25, 0.3) is 165 Å². The Labute approximate surface area is 643 Å². The third-order valence-electron chi connectivity index (χ3n) is 20.6. The number of anilines is 1. The molecule has 0 amide bonds. The molecular weight excluding hydrogens is 1480 g/mol. The maximum atomic E-state index is 6.98. The summed E-state index contributed by atoms with van der Waals surface area (Å²) >= 11 is 29.7. The zero-order valence-electron chi connectivity index (χ0n) is 58.0. The maximum absolute atomic E-state index is 6.98. The number of aromatic nitrogens is 11. The number of ether oxygens (including phenoxy) is 1. The molecular formula is C88H68BrCl4N13O. The second kappa shape index (κ2) is 29.6. The third-order valence-corrected chi connectivity index (χ3v) is 22.6. The highest BCUT2D eigenvalue weighted by atomic mass is 79.9. The molecule has 0 aliphatic carbocycles. The molecule has 526 valence electrons. The number of halogens is 5. The van der Waals surface area contributed by atoms with Gasteiger partial charge in [-0.2, -0.15) is 0 Å². The molecule has 19 heteroatoms. The number of morpholine rings is 1. The molecule has 21 rings (SSSR count). The Balaban J connectivity index is 0.000000103. The Morgan fingerprint density at radius 2 is 0.850 bits per heavy atom. The second-order valence-corrected chi connectivity index (χ2v) is 29.4. The highest BCUT2D eigenvalue weighted by molar-refractivity contribution is 9.10. The molecule has 11 aromatic heterocycles. The summed E-state index contributed by atoms with van der Waals surface area (Å²) in [6.45, 7) is 8.88. The van der Waals surface area contributed by atoms with Gasteiger partial charge in [-0.25, -0.2) is 19.9 Å². The summed E-state index contributed by atoms with van der Waals surface area (Å²) < 4.78 is 11.3. The lowest BCUT2D eigenvalue weighted by molar-refractivity contribution is 0.0376. The van der Waals surface area contributed by atoms with Crippen LogP contribution >= 0.6 is 62.3 Å². The molecule has 19 aromatic rings. The summed E-state index contributed by atoms with van der Waals surface area (Å²) in [6, 6.07) is 70.6. The van der Waals surface area contributed by atoms with E-state index >= 15 is 0 Å². The number of alkyl halides is 1. The summed E-state index contributed by atoms with van der Waals surface area (Å²) in [7, 11) is 0. The number of fused-ring (bicyclic) bond motifs is 17. The standard InChI is InChI=1S/C30H31N5O.C23H17Cl2N3.C20H12ClN3.C15H8BrClN2/c1-2-6-27-24(5-1)28-30-29(25-21-23(7-8-26(25)32-28)22-9-11-31-12-10-22)34(15-4-16-35(27)30)14-3-13-33-17-19-36-20-18-33;24-10-3-13-28-20-5-2-1-4-17(20)22-23(28)21(25)18-14-16(6-7-19(18)27-22)15-8-11-26-12-9-15;21-18-15-11-13(12-7-9-22-10-8-12)5-6-17(15)23-19-14-3-1-2-4-16(14)24-20(18)19;16-8-5-6-12-10(7-8)13(17)15-14(18-12)9-3-1-2-4-11(9)19-15/h1-2,5-12,21H,3-4,13-20H2;1-2,4-9,11-12,14H,3,10,13H2;1-11,24H;1-7,19H. The first-order valence-corrected chi connectivity index (χ1v) is 38.5. The number of hydrogen-bond donors (Lipinski definition) is 2. The summed E-state index contributed by atoms with van der Waals surface area (Å²) in [4.78, 5) is 44.1. The summed E-state index contributed by atoms with van der Waals surface area (Å²) in [6.07, 6.45) is 14.1. The second-order valence-electron chi connectivity index (χ2n) is 27.0. The van der Waals surface area contributed by atoms with E-state index in [2.05, 4.69) is 163 Å². The smallest absolute Gasteiger partial charge is 0.0988 e. The molecule has 13 heterocycles. The van der Waals surface area contributed by atoms with Crippen LogP contribution in [-0.2, 0) is 17.8 Å². The fourth-order valence-corrected chi connectivity index (χ4v) is 16.9. The number of nitrogens with zero attached hydrogens (tertiary/aromatic N) is 11. The summed E-state index contributed by atoms with van der Waals surface area (Å²) in [5.41, 5.74) is 24.4. The van der Waals surface area contributed by atoms with Crippen LogP contribution in [0, 0.1) is 0 Å². The number of nitrogens with one attached hydrogen (secondary N) is 2. The SMILES string of the molecule is ClCCCn1c2ccccc2c2nc3ccc(-c4ccncc4)cc3c(Cl)c21.Clc1c2cc(-c3ccncc3)ccc2nc2c1[nH]c1ccccc12.Clc1c2cc(Br)ccc2nc2c1[nH]c1ccccc12.c1ccc2c(c1)c1nc3ccc(-c4ccncc4)cc3c3c1n2CCCN3CCCN1CCOCC1. The first-order valence-electron chi connectivity index (χ1n) is 36.0. The number of para-hydroxylation sites is 4. The fourth-order valence-electron chi connectivity index (χ4n) is 15.5. The number of rotatable bonds is 10. The van der Waals surface area contributed by atoms with Crippen LogP contribution in [0.5, 0.6) is 0 Å². The molecule has 1 fully saturated rings. The van der Waals surface area contributed by atoms with Gasteiger partial charge in [0.05, 0.1) is 111 Å². The topological polar surface area (TPSA) is 147 Å². The van der Waals surface area contributed by atoms with Crippen LogP contribution in [0.3, 0.4) is 0 Å². The molecule has 2 aliphatic heterocycles. The number of aryl methyl sites for hydroxylation is 2. The fraction of sp³-hybridized carbons (Fsp3) is 0.148. The Bertz CT molecular complexity index is 6580. The van der Waals surface area contributed by atoms with Gasteiger partial charge in [0.25, 0.3) is 0 Å². The molecule has 2 aliphatic rings. The van der Waals surface area contributed by atoms with Crippen molar-refractivity contribution in [2.24, 2.45) is 0 Å². The molecule has 0 radical (unpaired) electrons. The van der Waals surface area contributed by atoms with Gasteiger partial charge in [-0.1, -0.05) is 142 Å². The average molecular weight is 1550 g/mol. The van der Waals surface area contributed by atoms with Gasteiger partial charge in [-0.15, -0.1) is 11.6 Å². The van der Waals surface area contributed by atoms with Gasteiger partial charge in [0.15, 0.2) is 0 Å². The Morgan fingerprint density at radius 3 is 1.41 bits per heavy atom. The van der Waals surface area contributed by atoms with Gasteiger partial charge >= 0.3 is 0 Å². The van der Waals surface area contributed by atoms with Crippen molar-refractivity contribution in [2.75, 3.05) is 56.7 Å².